The van der Waals surface area contributed by atoms with Gasteiger partial charge in [0.25, 0.3) is 5.91 Å². The maximum atomic E-state index is 14.5. The topological polar surface area (TPSA) is 57.9 Å². The van der Waals surface area contributed by atoms with Crippen LogP contribution in [-0.2, 0) is 5.75 Å². The number of aromatic nitrogens is 2. The number of anilines is 1. The summed E-state index contributed by atoms with van der Waals surface area (Å²) in [5, 5.41) is 0. The molecule has 0 radical (unpaired) electrons. The third-order valence-corrected chi connectivity index (χ3v) is 7.21. The summed E-state index contributed by atoms with van der Waals surface area (Å²) in [6.07, 6.45) is 4.01. The van der Waals surface area contributed by atoms with Gasteiger partial charge in [-0.05, 0) is 61.5 Å². The first-order chi connectivity index (χ1) is 17.0. The van der Waals surface area contributed by atoms with Gasteiger partial charge in [-0.3, -0.25) is 9.59 Å². The summed E-state index contributed by atoms with van der Waals surface area (Å²) < 4.78 is 16.5. The van der Waals surface area contributed by atoms with Gasteiger partial charge in [-0.15, -0.1) is 11.8 Å². The molecule has 1 aliphatic rings. The van der Waals surface area contributed by atoms with Crippen molar-refractivity contribution in [2.24, 2.45) is 0 Å². The van der Waals surface area contributed by atoms with E-state index >= 15 is 0 Å². The van der Waals surface area contributed by atoms with Crippen LogP contribution in [0.25, 0.3) is 5.65 Å². The fourth-order valence-electron chi connectivity index (χ4n) is 4.22. The van der Waals surface area contributed by atoms with Crippen LogP contribution in [0.1, 0.15) is 33.3 Å². The van der Waals surface area contributed by atoms with Crippen molar-refractivity contribution >= 4 is 34.8 Å². The van der Waals surface area contributed by atoms with E-state index < -0.39 is 5.82 Å². The molecular formula is C27H25FN4O2S. The fourth-order valence-corrected chi connectivity index (χ4v) is 5.01. The maximum Gasteiger partial charge on any atom is 0.253 e. The molecule has 2 aromatic carbocycles. The summed E-state index contributed by atoms with van der Waals surface area (Å²) >= 11 is 1.68. The number of hydrogen-bond donors (Lipinski definition) is 0. The second-order valence-corrected chi connectivity index (χ2v) is 9.56. The average molecular weight is 489 g/mol. The second-order valence-electron chi connectivity index (χ2n) is 8.51. The number of fused-ring (bicyclic) bond motifs is 1. The Morgan fingerprint density at radius 3 is 2.40 bits per heavy atom. The SMILES string of the molecule is CC(=O)c1ccc(N2CCN(C(=O)c3ccc(SCc4cn5ccccc5n4)cc3)CC2)c(F)c1. The van der Waals surface area contributed by atoms with Crippen LogP contribution in [0.2, 0.25) is 0 Å². The second kappa shape index (κ2) is 9.92. The number of pyridine rings is 1. The highest BCUT2D eigenvalue weighted by Crippen LogP contribution is 2.25. The largest absolute Gasteiger partial charge is 0.366 e. The van der Waals surface area contributed by atoms with Crippen molar-refractivity contribution in [2.75, 3.05) is 31.1 Å². The van der Waals surface area contributed by atoms with Crippen LogP contribution in [0.15, 0.2) is 78.0 Å². The van der Waals surface area contributed by atoms with Crippen LogP contribution in [-0.4, -0.2) is 52.2 Å². The van der Waals surface area contributed by atoms with Crippen molar-refractivity contribution in [2.45, 2.75) is 17.6 Å². The van der Waals surface area contributed by atoms with Crippen LogP contribution in [0.5, 0.6) is 0 Å². The molecule has 8 heteroatoms. The standard InChI is InChI=1S/C27H25FN4O2S/c1-19(33)21-7-10-25(24(28)16-21)30-12-14-31(15-13-30)27(34)20-5-8-23(9-6-20)35-18-22-17-32-11-3-2-4-26(32)29-22/h2-11,16-17H,12-15,18H2,1H3. The minimum absolute atomic E-state index is 0.0195. The number of nitrogens with zero attached hydrogens (tertiary/aromatic N) is 4. The van der Waals surface area contributed by atoms with E-state index in [-0.39, 0.29) is 11.7 Å². The number of thioether (sulfide) groups is 1. The molecule has 1 amide bonds. The smallest absolute Gasteiger partial charge is 0.253 e. The maximum absolute atomic E-state index is 14.5. The van der Waals surface area contributed by atoms with Gasteiger partial charge in [-0.1, -0.05) is 6.07 Å². The minimum Gasteiger partial charge on any atom is -0.366 e. The van der Waals surface area contributed by atoms with Crippen molar-refractivity contribution in [1.29, 1.82) is 0 Å². The van der Waals surface area contributed by atoms with Crippen LogP contribution in [0, 0.1) is 5.82 Å². The Hall–Kier alpha value is -3.65. The van der Waals surface area contributed by atoms with E-state index in [1.165, 1.54) is 13.0 Å². The number of ketones is 1. The van der Waals surface area contributed by atoms with Crippen LogP contribution >= 0.6 is 11.8 Å². The summed E-state index contributed by atoms with van der Waals surface area (Å²) in [7, 11) is 0. The zero-order valence-corrected chi connectivity index (χ0v) is 20.2. The fraction of sp³-hybridized carbons (Fsp3) is 0.222. The molecule has 0 N–H and O–H groups in total. The molecule has 3 heterocycles. The Bertz CT molecular complexity index is 1340. The van der Waals surface area contributed by atoms with E-state index in [9.17, 15) is 14.0 Å². The van der Waals surface area contributed by atoms with Gasteiger partial charge in [0.15, 0.2) is 5.78 Å². The predicted octanol–water partition coefficient (Wildman–Crippen LogP) is 4.93. The van der Waals surface area contributed by atoms with Crippen molar-refractivity contribution in [1.82, 2.24) is 14.3 Å². The van der Waals surface area contributed by atoms with E-state index in [1.54, 1.807) is 28.8 Å². The van der Waals surface area contributed by atoms with Crippen LogP contribution < -0.4 is 4.90 Å². The molecule has 1 saturated heterocycles. The van der Waals surface area contributed by atoms with Gasteiger partial charge < -0.3 is 14.2 Å². The molecule has 0 bridgehead atoms. The van der Waals surface area contributed by atoms with Gasteiger partial charge in [-0.25, -0.2) is 9.37 Å². The first-order valence-corrected chi connectivity index (χ1v) is 12.5. The molecule has 178 valence electrons. The Morgan fingerprint density at radius 1 is 0.971 bits per heavy atom. The summed E-state index contributed by atoms with van der Waals surface area (Å²) in [6, 6.07) is 18.2. The van der Waals surface area contributed by atoms with Crippen molar-refractivity contribution in [3.63, 3.8) is 0 Å². The number of carbonyl (C=O) groups excluding carboxylic acids is 2. The average Bonchev–Trinajstić information content (AvgIpc) is 3.30. The summed E-state index contributed by atoms with van der Waals surface area (Å²) in [6.45, 7) is 3.52. The Balaban J connectivity index is 1.16. The van der Waals surface area contributed by atoms with E-state index in [0.717, 1.165) is 22.0 Å². The van der Waals surface area contributed by atoms with Gasteiger partial charge >= 0.3 is 0 Å². The number of carbonyl (C=O) groups is 2. The minimum atomic E-state index is -0.408. The lowest BCUT2D eigenvalue weighted by atomic mass is 10.1. The molecule has 0 saturated carbocycles. The number of Topliss-reactive ketones (excluding diaryl/α,β-unsaturated/α-hetero) is 1. The molecule has 0 atom stereocenters. The van der Waals surface area contributed by atoms with Crippen LogP contribution in [0.3, 0.4) is 0 Å². The van der Waals surface area contributed by atoms with Gasteiger partial charge in [0.05, 0.1) is 11.4 Å². The summed E-state index contributed by atoms with van der Waals surface area (Å²) in [4.78, 5) is 33.9. The van der Waals surface area contributed by atoms with Gasteiger partial charge in [0, 0.05) is 60.3 Å². The molecule has 0 spiro atoms. The predicted molar refractivity (Wildman–Crippen MR) is 136 cm³/mol. The van der Waals surface area contributed by atoms with Crippen LogP contribution in [0.4, 0.5) is 10.1 Å². The highest BCUT2D eigenvalue weighted by molar-refractivity contribution is 7.98. The van der Waals surface area contributed by atoms with E-state index in [0.29, 0.717) is 43.0 Å². The first-order valence-electron chi connectivity index (χ1n) is 11.5. The lowest BCUT2D eigenvalue weighted by molar-refractivity contribution is 0.0746. The molecule has 5 rings (SSSR count). The highest BCUT2D eigenvalue weighted by atomic mass is 32.2. The number of halogens is 1. The third-order valence-electron chi connectivity index (χ3n) is 6.16. The molecule has 35 heavy (non-hydrogen) atoms. The van der Waals surface area contributed by atoms with Gasteiger partial charge in [0.2, 0.25) is 0 Å². The van der Waals surface area contributed by atoms with E-state index in [2.05, 4.69) is 4.98 Å². The number of rotatable bonds is 6. The van der Waals surface area contributed by atoms with Crippen molar-refractivity contribution < 1.29 is 14.0 Å². The highest BCUT2D eigenvalue weighted by Gasteiger charge is 2.24. The molecule has 0 aliphatic carbocycles. The molecule has 1 fully saturated rings. The zero-order valence-electron chi connectivity index (χ0n) is 19.4. The molecule has 1 aliphatic heterocycles. The number of benzene rings is 2. The Labute approximate surface area is 207 Å². The summed E-state index contributed by atoms with van der Waals surface area (Å²) in [5.74, 6) is 0.162. The van der Waals surface area contributed by atoms with Gasteiger partial charge in [-0.2, -0.15) is 0 Å². The quantitative estimate of drug-likeness (QED) is 0.285. The van der Waals surface area contributed by atoms with E-state index in [1.807, 2.05) is 64.2 Å². The lowest BCUT2D eigenvalue weighted by Crippen LogP contribution is -2.49. The van der Waals surface area contributed by atoms with Crippen molar-refractivity contribution in [3.05, 3.63) is 95.7 Å². The summed E-state index contributed by atoms with van der Waals surface area (Å²) in [5.41, 5.74) is 3.41. The molecule has 2 aromatic heterocycles. The van der Waals surface area contributed by atoms with Gasteiger partial charge in [0.1, 0.15) is 11.5 Å². The number of amides is 1. The number of piperazine rings is 1. The monoisotopic (exact) mass is 488 g/mol. The third kappa shape index (κ3) is 5.07. The van der Waals surface area contributed by atoms with E-state index in [4.69, 9.17) is 0 Å². The zero-order chi connectivity index (χ0) is 24.4. The lowest BCUT2D eigenvalue weighted by Gasteiger charge is -2.36. The Kier molecular flexibility index (Phi) is 6.55. The van der Waals surface area contributed by atoms with Crippen molar-refractivity contribution in [3.8, 4) is 0 Å². The molecule has 6 nitrogen and oxygen atoms in total. The number of hydrogen-bond acceptors (Lipinski definition) is 5. The normalized spacial score (nSPS) is 13.9. The first kappa shape index (κ1) is 23.1. The number of imidazole rings is 1. The molecule has 4 aromatic rings. The molecule has 0 unspecified atom stereocenters. The Morgan fingerprint density at radius 2 is 1.71 bits per heavy atom. The molecular weight excluding hydrogens is 463 g/mol.